The number of pyridine rings is 1. The molecule has 0 aliphatic heterocycles. The highest BCUT2D eigenvalue weighted by atomic mass is 79.9. The van der Waals surface area contributed by atoms with Crippen LogP contribution in [0.1, 0.15) is 16.2 Å². The van der Waals surface area contributed by atoms with Crippen molar-refractivity contribution in [2.75, 3.05) is 0 Å². The maximum absolute atomic E-state index is 6.02. The molecule has 0 spiro atoms. The molecular weight excluding hydrogens is 277 g/mol. The van der Waals surface area contributed by atoms with Crippen LogP contribution in [0.4, 0.5) is 0 Å². The number of alkyl halides is 1. The first kappa shape index (κ1) is 10.7. The third-order valence-corrected chi connectivity index (χ3v) is 3.22. The highest BCUT2D eigenvalue weighted by Gasteiger charge is 2.12. The van der Waals surface area contributed by atoms with E-state index in [9.17, 15) is 0 Å². The standard InChI is InChI=1S/C11H9BrClNO/c12-9(11-2-1-5-15-11)6-8-3-4-14-7-10(8)13/h1-5,7,9H,6H2. The van der Waals surface area contributed by atoms with E-state index in [0.29, 0.717) is 5.02 Å². The quantitative estimate of drug-likeness (QED) is 0.797. The number of rotatable bonds is 3. The third kappa shape index (κ3) is 2.61. The molecule has 2 aromatic heterocycles. The van der Waals surface area contributed by atoms with Gasteiger partial charge in [0.2, 0.25) is 0 Å². The fourth-order valence-corrected chi connectivity index (χ4v) is 2.14. The van der Waals surface area contributed by atoms with E-state index in [0.717, 1.165) is 17.7 Å². The van der Waals surface area contributed by atoms with E-state index in [1.54, 1.807) is 18.7 Å². The monoisotopic (exact) mass is 285 g/mol. The van der Waals surface area contributed by atoms with Crippen molar-refractivity contribution in [3.8, 4) is 0 Å². The Morgan fingerprint density at radius 1 is 1.47 bits per heavy atom. The molecule has 0 aliphatic rings. The minimum atomic E-state index is 0.146. The fourth-order valence-electron chi connectivity index (χ4n) is 1.33. The molecule has 0 aromatic carbocycles. The molecule has 2 aromatic rings. The van der Waals surface area contributed by atoms with Gasteiger partial charge in [-0.25, -0.2) is 0 Å². The normalized spacial score (nSPS) is 12.7. The minimum Gasteiger partial charge on any atom is -0.468 e. The van der Waals surface area contributed by atoms with Gasteiger partial charge in [0.15, 0.2) is 0 Å². The van der Waals surface area contributed by atoms with Crippen LogP contribution in [0.2, 0.25) is 5.02 Å². The first-order valence-corrected chi connectivity index (χ1v) is 5.82. The summed E-state index contributed by atoms with van der Waals surface area (Å²) in [6.07, 6.45) is 5.84. The van der Waals surface area contributed by atoms with Gasteiger partial charge in [-0.3, -0.25) is 4.98 Å². The zero-order chi connectivity index (χ0) is 10.7. The average Bonchev–Trinajstić information content (AvgIpc) is 2.74. The van der Waals surface area contributed by atoms with Crippen LogP contribution in [0.15, 0.2) is 41.3 Å². The second kappa shape index (κ2) is 4.81. The third-order valence-electron chi connectivity index (χ3n) is 2.11. The first-order valence-electron chi connectivity index (χ1n) is 4.53. The van der Waals surface area contributed by atoms with Crippen LogP contribution in [0.3, 0.4) is 0 Å². The largest absolute Gasteiger partial charge is 0.468 e. The van der Waals surface area contributed by atoms with Crippen LogP contribution >= 0.6 is 27.5 Å². The molecule has 78 valence electrons. The Morgan fingerprint density at radius 2 is 2.33 bits per heavy atom. The van der Waals surface area contributed by atoms with Gasteiger partial charge in [0.25, 0.3) is 0 Å². The summed E-state index contributed by atoms with van der Waals surface area (Å²) in [4.78, 5) is 4.09. The summed E-state index contributed by atoms with van der Waals surface area (Å²) in [6.45, 7) is 0. The van der Waals surface area contributed by atoms with Crippen molar-refractivity contribution in [1.29, 1.82) is 0 Å². The van der Waals surface area contributed by atoms with E-state index >= 15 is 0 Å². The van der Waals surface area contributed by atoms with E-state index in [1.165, 1.54) is 0 Å². The van der Waals surface area contributed by atoms with Crippen LogP contribution in [0.5, 0.6) is 0 Å². The van der Waals surface area contributed by atoms with Crippen molar-refractivity contribution in [2.24, 2.45) is 0 Å². The zero-order valence-corrected chi connectivity index (χ0v) is 10.2. The Bertz CT molecular complexity index is 430. The maximum atomic E-state index is 6.02. The van der Waals surface area contributed by atoms with E-state index in [2.05, 4.69) is 20.9 Å². The molecule has 0 N–H and O–H groups in total. The highest BCUT2D eigenvalue weighted by Crippen LogP contribution is 2.29. The summed E-state index contributed by atoms with van der Waals surface area (Å²) in [7, 11) is 0. The lowest BCUT2D eigenvalue weighted by Crippen LogP contribution is -1.95. The number of aromatic nitrogens is 1. The van der Waals surface area contributed by atoms with E-state index < -0.39 is 0 Å². The van der Waals surface area contributed by atoms with Gasteiger partial charge in [-0.2, -0.15) is 0 Å². The summed E-state index contributed by atoms with van der Waals surface area (Å²) in [5, 5.41) is 0.688. The Hall–Kier alpha value is -0.800. The van der Waals surface area contributed by atoms with Crippen LogP contribution in [0.25, 0.3) is 0 Å². The average molecular weight is 287 g/mol. The summed E-state index contributed by atoms with van der Waals surface area (Å²) < 4.78 is 5.30. The Morgan fingerprint density at radius 3 is 3.00 bits per heavy atom. The van der Waals surface area contributed by atoms with Gasteiger partial charge in [-0.05, 0) is 30.2 Å². The number of hydrogen-bond acceptors (Lipinski definition) is 2. The van der Waals surface area contributed by atoms with Crippen molar-refractivity contribution in [1.82, 2.24) is 4.98 Å². The number of furan rings is 1. The van der Waals surface area contributed by atoms with Crippen LogP contribution < -0.4 is 0 Å². The lowest BCUT2D eigenvalue weighted by Gasteiger charge is -2.07. The van der Waals surface area contributed by atoms with Crippen LogP contribution in [-0.2, 0) is 6.42 Å². The maximum Gasteiger partial charge on any atom is 0.117 e. The topological polar surface area (TPSA) is 26.0 Å². The van der Waals surface area contributed by atoms with Gasteiger partial charge in [0.1, 0.15) is 5.76 Å². The van der Waals surface area contributed by atoms with Gasteiger partial charge in [-0.15, -0.1) is 0 Å². The van der Waals surface area contributed by atoms with Crippen molar-refractivity contribution in [2.45, 2.75) is 11.2 Å². The zero-order valence-electron chi connectivity index (χ0n) is 7.86. The first-order chi connectivity index (χ1) is 7.27. The molecule has 0 radical (unpaired) electrons. The smallest absolute Gasteiger partial charge is 0.117 e. The second-order valence-electron chi connectivity index (χ2n) is 3.15. The summed E-state index contributed by atoms with van der Waals surface area (Å²) in [6, 6.07) is 5.73. The molecule has 0 amide bonds. The highest BCUT2D eigenvalue weighted by molar-refractivity contribution is 9.09. The van der Waals surface area contributed by atoms with E-state index in [4.69, 9.17) is 16.0 Å². The predicted molar refractivity (Wildman–Crippen MR) is 63.3 cm³/mol. The Balaban J connectivity index is 2.13. The van der Waals surface area contributed by atoms with Crippen molar-refractivity contribution in [3.63, 3.8) is 0 Å². The Labute approximate surface area is 101 Å². The molecule has 1 atom stereocenters. The van der Waals surface area contributed by atoms with Gasteiger partial charge < -0.3 is 4.42 Å². The molecular formula is C11H9BrClNO. The molecule has 0 saturated carbocycles. The van der Waals surface area contributed by atoms with Gasteiger partial charge in [0, 0.05) is 12.4 Å². The van der Waals surface area contributed by atoms with Crippen molar-refractivity contribution >= 4 is 27.5 Å². The Kier molecular flexibility index (Phi) is 3.44. The lowest BCUT2D eigenvalue weighted by atomic mass is 10.1. The summed E-state index contributed by atoms with van der Waals surface area (Å²) in [5.74, 6) is 0.905. The van der Waals surface area contributed by atoms with Crippen molar-refractivity contribution in [3.05, 3.63) is 53.2 Å². The molecule has 0 aliphatic carbocycles. The molecule has 2 rings (SSSR count). The molecule has 0 bridgehead atoms. The SMILES string of the molecule is Clc1cnccc1CC(Br)c1ccco1. The predicted octanol–water partition coefficient (Wildman–Crippen LogP) is 4.01. The van der Waals surface area contributed by atoms with Gasteiger partial charge in [0.05, 0.1) is 16.1 Å². The molecule has 0 saturated heterocycles. The molecule has 15 heavy (non-hydrogen) atoms. The summed E-state index contributed by atoms with van der Waals surface area (Å²) in [5.41, 5.74) is 1.06. The van der Waals surface area contributed by atoms with E-state index in [-0.39, 0.29) is 4.83 Å². The molecule has 1 unspecified atom stereocenters. The minimum absolute atomic E-state index is 0.146. The molecule has 4 heteroatoms. The lowest BCUT2D eigenvalue weighted by molar-refractivity contribution is 0.507. The number of hydrogen-bond donors (Lipinski definition) is 0. The van der Waals surface area contributed by atoms with Gasteiger partial charge >= 0.3 is 0 Å². The van der Waals surface area contributed by atoms with Crippen LogP contribution in [0, 0.1) is 0 Å². The molecule has 2 heterocycles. The van der Waals surface area contributed by atoms with Gasteiger partial charge in [-0.1, -0.05) is 27.5 Å². The van der Waals surface area contributed by atoms with E-state index in [1.807, 2.05) is 18.2 Å². The van der Waals surface area contributed by atoms with Crippen LogP contribution in [-0.4, -0.2) is 4.98 Å². The van der Waals surface area contributed by atoms with Crippen molar-refractivity contribution < 1.29 is 4.42 Å². The fraction of sp³-hybridized carbons (Fsp3) is 0.182. The summed E-state index contributed by atoms with van der Waals surface area (Å²) >= 11 is 9.58. The number of halogens is 2. The number of nitrogens with zero attached hydrogens (tertiary/aromatic N) is 1. The second-order valence-corrected chi connectivity index (χ2v) is 4.67. The molecule has 2 nitrogen and oxygen atoms in total. The molecule has 0 fully saturated rings.